The van der Waals surface area contributed by atoms with Crippen molar-refractivity contribution in [3.05, 3.63) is 71.5 Å². The summed E-state index contributed by atoms with van der Waals surface area (Å²) in [4.78, 5) is 22.0. The Morgan fingerprint density at radius 3 is 2.10 bits per heavy atom. The van der Waals surface area contributed by atoms with E-state index < -0.39 is 17.7 Å². The molecule has 3 N–H and O–H groups in total. The van der Waals surface area contributed by atoms with Crippen LogP contribution in [0.3, 0.4) is 0 Å². The molecule has 8 heteroatoms. The highest BCUT2D eigenvalue weighted by atomic mass is 19.1. The normalized spacial score (nSPS) is 10.4. The minimum Gasteiger partial charge on any atom is -0.504 e. The number of phenolic OH excluding ortho intramolecular Hbond substituents is 1. The van der Waals surface area contributed by atoms with Crippen LogP contribution in [0.1, 0.15) is 11.1 Å². The number of hydrogen-bond acceptors (Lipinski definition) is 5. The number of rotatable bonds is 5. The van der Waals surface area contributed by atoms with E-state index in [-0.39, 0.29) is 11.5 Å². The van der Waals surface area contributed by atoms with E-state index in [0.717, 1.165) is 0 Å². The van der Waals surface area contributed by atoms with E-state index in [1.165, 1.54) is 36.4 Å². The zero-order chi connectivity index (χ0) is 21.8. The molecule has 3 aromatic carbocycles. The van der Waals surface area contributed by atoms with Gasteiger partial charge < -0.3 is 25.0 Å². The lowest BCUT2D eigenvalue weighted by molar-refractivity contribution is -0.147. The zero-order valence-corrected chi connectivity index (χ0v) is 16.1. The summed E-state index contributed by atoms with van der Waals surface area (Å²) >= 11 is 0. The number of hydrogen-bond donors (Lipinski definition) is 3. The summed E-state index contributed by atoms with van der Waals surface area (Å²) in [6.07, 6.45) is 0. The Morgan fingerprint density at radius 1 is 0.900 bits per heavy atom. The van der Waals surface area contributed by atoms with Crippen LogP contribution in [-0.4, -0.2) is 22.1 Å². The number of anilines is 1. The van der Waals surface area contributed by atoms with Crippen molar-refractivity contribution in [2.75, 3.05) is 5.32 Å². The summed E-state index contributed by atoms with van der Waals surface area (Å²) in [5.74, 6) is -1.90. The fourth-order valence-electron chi connectivity index (χ4n) is 2.76. The number of aliphatic carboxylic acids is 1. The second-order valence-electron chi connectivity index (χ2n) is 6.49. The van der Waals surface area contributed by atoms with Crippen LogP contribution in [0.5, 0.6) is 28.7 Å². The van der Waals surface area contributed by atoms with Gasteiger partial charge in [0.2, 0.25) is 0 Å². The van der Waals surface area contributed by atoms with Crippen molar-refractivity contribution >= 4 is 17.6 Å². The van der Waals surface area contributed by atoms with Crippen LogP contribution in [0.25, 0.3) is 0 Å². The van der Waals surface area contributed by atoms with Crippen LogP contribution in [0.15, 0.2) is 54.6 Å². The predicted octanol–water partition coefficient (Wildman–Crippen LogP) is 4.76. The molecular formula is C22H18FNO6. The predicted molar refractivity (Wildman–Crippen MR) is 107 cm³/mol. The second kappa shape index (κ2) is 8.52. The fourth-order valence-corrected chi connectivity index (χ4v) is 2.76. The highest BCUT2D eigenvalue weighted by Gasteiger charge is 2.15. The summed E-state index contributed by atoms with van der Waals surface area (Å²) in [6.45, 7) is 3.49. The molecule has 0 radical (unpaired) electrons. The molecule has 3 aromatic rings. The number of aryl methyl sites for hydroxylation is 2. The molecule has 3 rings (SSSR count). The van der Waals surface area contributed by atoms with Crippen molar-refractivity contribution in [2.45, 2.75) is 13.8 Å². The maximum Gasteiger partial charge on any atom is 0.394 e. The molecule has 0 aliphatic carbocycles. The number of phenols is 1. The average molecular weight is 411 g/mol. The molecule has 0 saturated carbocycles. The molecular weight excluding hydrogens is 393 g/mol. The summed E-state index contributed by atoms with van der Waals surface area (Å²) in [5.41, 5.74) is 1.64. The Kier molecular flexibility index (Phi) is 5.87. The maximum absolute atomic E-state index is 13.0. The van der Waals surface area contributed by atoms with Crippen LogP contribution in [0, 0.1) is 19.7 Å². The highest BCUT2D eigenvalue weighted by Crippen LogP contribution is 2.37. The summed E-state index contributed by atoms with van der Waals surface area (Å²) in [6, 6.07) is 12.9. The van der Waals surface area contributed by atoms with Gasteiger partial charge >= 0.3 is 11.9 Å². The van der Waals surface area contributed by atoms with Gasteiger partial charge in [0.05, 0.1) is 0 Å². The van der Waals surface area contributed by atoms with Gasteiger partial charge in [0.15, 0.2) is 11.5 Å². The minimum atomic E-state index is -1.58. The number of carboxylic acids is 1. The maximum atomic E-state index is 13.0. The Morgan fingerprint density at radius 2 is 1.50 bits per heavy atom. The molecule has 0 saturated heterocycles. The topological polar surface area (TPSA) is 105 Å². The molecule has 0 unspecified atom stereocenters. The standard InChI is InChI=1S/C22H18FNO6/c1-12-9-15(24-21(26)22(27)28)10-13(2)20(12)30-17-7-8-18(25)19(11-17)29-16-5-3-14(23)4-6-16/h3-11,25H,1-2H3,(H,24,26)(H,27,28). The highest BCUT2D eigenvalue weighted by molar-refractivity contribution is 6.36. The quantitative estimate of drug-likeness (QED) is 0.523. The van der Waals surface area contributed by atoms with Crippen molar-refractivity contribution in [3.63, 3.8) is 0 Å². The smallest absolute Gasteiger partial charge is 0.394 e. The van der Waals surface area contributed by atoms with Gasteiger partial charge in [0.25, 0.3) is 0 Å². The van der Waals surface area contributed by atoms with Gasteiger partial charge in [-0.3, -0.25) is 4.79 Å². The molecule has 0 bridgehead atoms. The van der Waals surface area contributed by atoms with Crippen LogP contribution >= 0.6 is 0 Å². The van der Waals surface area contributed by atoms with Crippen LogP contribution in [0.2, 0.25) is 0 Å². The van der Waals surface area contributed by atoms with E-state index in [4.69, 9.17) is 14.6 Å². The summed E-state index contributed by atoms with van der Waals surface area (Å²) in [7, 11) is 0. The molecule has 1 amide bonds. The molecule has 0 heterocycles. The lowest BCUT2D eigenvalue weighted by Gasteiger charge is -2.15. The van der Waals surface area contributed by atoms with Crippen molar-refractivity contribution in [2.24, 2.45) is 0 Å². The number of aromatic hydroxyl groups is 1. The number of carboxylic acid groups (broad SMARTS) is 1. The van der Waals surface area contributed by atoms with Gasteiger partial charge in [-0.2, -0.15) is 0 Å². The SMILES string of the molecule is Cc1cc(NC(=O)C(=O)O)cc(C)c1Oc1ccc(O)c(Oc2ccc(F)cc2)c1. The van der Waals surface area contributed by atoms with E-state index in [2.05, 4.69) is 5.32 Å². The van der Waals surface area contributed by atoms with E-state index in [1.54, 1.807) is 32.0 Å². The first kappa shape index (κ1) is 20.7. The summed E-state index contributed by atoms with van der Waals surface area (Å²) < 4.78 is 24.6. The first-order chi connectivity index (χ1) is 14.2. The van der Waals surface area contributed by atoms with E-state index in [1.807, 2.05) is 0 Å². The zero-order valence-electron chi connectivity index (χ0n) is 16.1. The molecule has 0 atom stereocenters. The third-order valence-electron chi connectivity index (χ3n) is 4.11. The molecule has 30 heavy (non-hydrogen) atoms. The average Bonchev–Trinajstić information content (AvgIpc) is 2.68. The number of amides is 1. The van der Waals surface area contributed by atoms with Gasteiger partial charge in [-0.15, -0.1) is 0 Å². The largest absolute Gasteiger partial charge is 0.504 e. The van der Waals surface area contributed by atoms with Gasteiger partial charge in [-0.05, 0) is 73.5 Å². The molecule has 0 aromatic heterocycles. The number of nitrogens with one attached hydrogen (secondary N) is 1. The number of carbonyl (C=O) groups is 2. The van der Waals surface area contributed by atoms with E-state index in [0.29, 0.717) is 34.1 Å². The van der Waals surface area contributed by atoms with Gasteiger partial charge in [-0.1, -0.05) is 0 Å². The Balaban J connectivity index is 1.83. The van der Waals surface area contributed by atoms with Crippen LogP contribution < -0.4 is 14.8 Å². The molecule has 0 spiro atoms. The third-order valence-corrected chi connectivity index (χ3v) is 4.11. The molecule has 7 nitrogen and oxygen atoms in total. The van der Waals surface area contributed by atoms with E-state index in [9.17, 15) is 19.1 Å². The Hall–Kier alpha value is -4.07. The number of benzene rings is 3. The van der Waals surface area contributed by atoms with Gasteiger partial charge in [0.1, 0.15) is 23.1 Å². The Bertz CT molecular complexity index is 1090. The first-order valence-electron chi connectivity index (χ1n) is 8.83. The molecule has 154 valence electrons. The number of ether oxygens (including phenoxy) is 2. The van der Waals surface area contributed by atoms with Crippen LogP contribution in [0.4, 0.5) is 10.1 Å². The van der Waals surface area contributed by atoms with Gasteiger partial charge in [-0.25, -0.2) is 9.18 Å². The number of carbonyl (C=O) groups excluding carboxylic acids is 1. The molecule has 0 aliphatic rings. The lowest BCUT2D eigenvalue weighted by Crippen LogP contribution is -2.21. The van der Waals surface area contributed by atoms with Crippen molar-refractivity contribution in [3.8, 4) is 28.7 Å². The van der Waals surface area contributed by atoms with Crippen molar-refractivity contribution < 1.29 is 33.7 Å². The van der Waals surface area contributed by atoms with Gasteiger partial charge in [0, 0.05) is 11.8 Å². The van der Waals surface area contributed by atoms with Crippen molar-refractivity contribution in [1.29, 1.82) is 0 Å². The summed E-state index contributed by atoms with van der Waals surface area (Å²) in [5, 5.41) is 21.0. The first-order valence-corrected chi connectivity index (χ1v) is 8.83. The lowest BCUT2D eigenvalue weighted by atomic mass is 10.1. The van der Waals surface area contributed by atoms with E-state index >= 15 is 0 Å². The third kappa shape index (κ3) is 4.85. The van der Waals surface area contributed by atoms with Crippen molar-refractivity contribution in [1.82, 2.24) is 0 Å². The molecule has 0 aliphatic heterocycles. The number of halogens is 1. The minimum absolute atomic E-state index is 0.119. The van der Waals surface area contributed by atoms with Crippen LogP contribution in [-0.2, 0) is 9.59 Å². The monoisotopic (exact) mass is 411 g/mol. The molecule has 0 fully saturated rings. The Labute approximate surface area is 171 Å². The second-order valence-corrected chi connectivity index (χ2v) is 6.49. The fraction of sp³-hybridized carbons (Fsp3) is 0.0909.